The lowest BCUT2D eigenvalue weighted by molar-refractivity contribution is 0.0653. The summed E-state index contributed by atoms with van der Waals surface area (Å²) in [5, 5.41) is 4.09. The van der Waals surface area contributed by atoms with Crippen LogP contribution in [-0.2, 0) is 6.42 Å². The molecule has 1 amide bonds. The van der Waals surface area contributed by atoms with Gasteiger partial charge in [-0.25, -0.2) is 0 Å². The van der Waals surface area contributed by atoms with Gasteiger partial charge in [0.15, 0.2) is 0 Å². The van der Waals surface area contributed by atoms with Crippen LogP contribution in [-0.4, -0.2) is 57.0 Å². The molecule has 3 heterocycles. The van der Waals surface area contributed by atoms with Gasteiger partial charge in [-0.1, -0.05) is 18.3 Å². The summed E-state index contributed by atoms with van der Waals surface area (Å²) in [4.78, 5) is 18.3. The molecular formula is C15H24N4OS. The van der Waals surface area contributed by atoms with Crippen LogP contribution in [0.15, 0.2) is 0 Å². The summed E-state index contributed by atoms with van der Waals surface area (Å²) in [6, 6.07) is 0.930. The highest BCUT2D eigenvalue weighted by molar-refractivity contribution is 7.08. The van der Waals surface area contributed by atoms with E-state index < -0.39 is 0 Å². The second-order valence-corrected chi connectivity index (χ2v) is 6.70. The van der Waals surface area contributed by atoms with E-state index in [0.717, 1.165) is 42.9 Å². The molecule has 3 rings (SSSR count). The zero-order chi connectivity index (χ0) is 14.8. The molecule has 2 fully saturated rings. The summed E-state index contributed by atoms with van der Waals surface area (Å²) in [7, 11) is 0. The number of amides is 1. The molecule has 1 aromatic rings. The number of aromatic nitrogens is 2. The maximum absolute atomic E-state index is 12.9. The van der Waals surface area contributed by atoms with Gasteiger partial charge in [-0.15, -0.1) is 5.10 Å². The topological polar surface area (TPSA) is 49.3 Å². The minimum absolute atomic E-state index is 0.160. The Morgan fingerprint density at radius 2 is 2.00 bits per heavy atom. The van der Waals surface area contributed by atoms with E-state index in [2.05, 4.69) is 26.3 Å². The minimum Gasteiger partial charge on any atom is -0.333 e. The lowest BCUT2D eigenvalue weighted by Crippen LogP contribution is -2.48. The number of carbonyl (C=O) groups excluding carboxylic acids is 1. The van der Waals surface area contributed by atoms with E-state index in [0.29, 0.717) is 12.1 Å². The summed E-state index contributed by atoms with van der Waals surface area (Å²) >= 11 is 1.25. The van der Waals surface area contributed by atoms with Gasteiger partial charge in [-0.3, -0.25) is 9.69 Å². The summed E-state index contributed by atoms with van der Waals surface area (Å²) in [5.74, 6) is 0.160. The van der Waals surface area contributed by atoms with Crippen molar-refractivity contribution in [1.82, 2.24) is 19.4 Å². The standard InChI is InChI=1S/C15H24N4OS/c1-3-11-14(21-17-16-11)15(20)19-10-6-8-13(19)12-7-5-9-18(12)4-2/h12-13H,3-10H2,1-2H3/t12-,13+/m1/s1. The lowest BCUT2D eigenvalue weighted by atomic mass is 10.0. The first-order valence-corrected chi connectivity index (χ1v) is 8.89. The molecule has 2 atom stereocenters. The maximum Gasteiger partial charge on any atom is 0.267 e. The molecular weight excluding hydrogens is 284 g/mol. The number of carbonyl (C=O) groups is 1. The predicted octanol–water partition coefficient (Wildman–Crippen LogP) is 2.19. The highest BCUT2D eigenvalue weighted by Crippen LogP contribution is 2.31. The molecule has 0 spiro atoms. The van der Waals surface area contributed by atoms with Crippen LogP contribution in [0.25, 0.3) is 0 Å². The average molecular weight is 308 g/mol. The molecule has 2 aliphatic rings. The van der Waals surface area contributed by atoms with Gasteiger partial charge in [0.25, 0.3) is 5.91 Å². The van der Waals surface area contributed by atoms with E-state index in [1.807, 2.05) is 6.92 Å². The van der Waals surface area contributed by atoms with Gasteiger partial charge in [0.1, 0.15) is 4.88 Å². The molecule has 5 nitrogen and oxygen atoms in total. The maximum atomic E-state index is 12.9. The minimum atomic E-state index is 0.160. The van der Waals surface area contributed by atoms with Gasteiger partial charge in [-0.2, -0.15) is 0 Å². The SMILES string of the molecule is CCc1nnsc1C(=O)N1CCC[C@H]1[C@H]1CCCN1CC. The molecule has 1 aromatic heterocycles. The molecule has 21 heavy (non-hydrogen) atoms. The Balaban J connectivity index is 1.79. The van der Waals surface area contributed by atoms with E-state index >= 15 is 0 Å². The van der Waals surface area contributed by atoms with Crippen LogP contribution in [0, 0.1) is 0 Å². The molecule has 0 bridgehead atoms. The van der Waals surface area contributed by atoms with Crippen LogP contribution in [0.1, 0.15) is 54.9 Å². The first kappa shape index (κ1) is 14.9. The molecule has 6 heteroatoms. The zero-order valence-corrected chi connectivity index (χ0v) is 13.7. The number of hydrogen-bond donors (Lipinski definition) is 0. The molecule has 2 aliphatic heterocycles. The van der Waals surface area contributed by atoms with E-state index in [-0.39, 0.29) is 5.91 Å². The van der Waals surface area contributed by atoms with Crippen LogP contribution < -0.4 is 0 Å². The number of hydrogen-bond acceptors (Lipinski definition) is 5. The third-order valence-electron chi connectivity index (χ3n) is 4.91. The number of likely N-dealkylation sites (N-methyl/N-ethyl adjacent to an activating group) is 1. The molecule has 116 valence electrons. The van der Waals surface area contributed by atoms with Crippen molar-refractivity contribution in [2.45, 2.75) is 58.0 Å². The van der Waals surface area contributed by atoms with Crippen LogP contribution in [0.2, 0.25) is 0 Å². The van der Waals surface area contributed by atoms with Gasteiger partial charge < -0.3 is 4.90 Å². The average Bonchev–Trinajstić information content (AvgIpc) is 3.23. The van der Waals surface area contributed by atoms with E-state index in [1.165, 1.54) is 30.9 Å². The predicted molar refractivity (Wildman–Crippen MR) is 83.6 cm³/mol. The summed E-state index contributed by atoms with van der Waals surface area (Å²) in [5.41, 5.74) is 0.856. The third kappa shape index (κ3) is 2.71. The molecule has 2 saturated heterocycles. The fraction of sp³-hybridized carbons (Fsp3) is 0.800. The second-order valence-electron chi connectivity index (χ2n) is 5.95. The first-order chi connectivity index (χ1) is 10.3. The third-order valence-corrected chi connectivity index (χ3v) is 5.67. The first-order valence-electron chi connectivity index (χ1n) is 8.12. The summed E-state index contributed by atoms with van der Waals surface area (Å²) in [6.45, 7) is 7.42. The lowest BCUT2D eigenvalue weighted by Gasteiger charge is -2.34. The Morgan fingerprint density at radius 3 is 2.76 bits per heavy atom. The van der Waals surface area contributed by atoms with E-state index in [4.69, 9.17) is 0 Å². The van der Waals surface area contributed by atoms with Crippen molar-refractivity contribution >= 4 is 17.4 Å². The second kappa shape index (κ2) is 6.40. The summed E-state index contributed by atoms with van der Waals surface area (Å²) in [6.07, 6.45) is 5.53. The Hall–Kier alpha value is -1.01. The Kier molecular flexibility index (Phi) is 4.54. The fourth-order valence-electron chi connectivity index (χ4n) is 3.86. The van der Waals surface area contributed by atoms with E-state index in [9.17, 15) is 4.79 Å². The van der Waals surface area contributed by atoms with Crippen molar-refractivity contribution in [3.05, 3.63) is 10.6 Å². The van der Waals surface area contributed by atoms with Crippen molar-refractivity contribution in [3.63, 3.8) is 0 Å². The van der Waals surface area contributed by atoms with Crippen molar-refractivity contribution < 1.29 is 4.79 Å². The molecule has 0 aromatic carbocycles. The molecule has 0 radical (unpaired) electrons. The molecule has 0 saturated carbocycles. The monoisotopic (exact) mass is 308 g/mol. The van der Waals surface area contributed by atoms with Crippen molar-refractivity contribution in [1.29, 1.82) is 0 Å². The van der Waals surface area contributed by atoms with Gasteiger partial charge in [-0.05, 0) is 56.7 Å². The Labute approximate surface area is 130 Å². The van der Waals surface area contributed by atoms with Crippen molar-refractivity contribution in [2.75, 3.05) is 19.6 Å². The van der Waals surface area contributed by atoms with Gasteiger partial charge >= 0.3 is 0 Å². The molecule has 0 unspecified atom stereocenters. The fourth-order valence-corrected chi connectivity index (χ4v) is 4.56. The van der Waals surface area contributed by atoms with Crippen LogP contribution in [0.3, 0.4) is 0 Å². The van der Waals surface area contributed by atoms with Crippen LogP contribution >= 0.6 is 11.5 Å². The van der Waals surface area contributed by atoms with Gasteiger partial charge in [0, 0.05) is 18.6 Å². The highest BCUT2D eigenvalue weighted by atomic mass is 32.1. The number of nitrogens with zero attached hydrogens (tertiary/aromatic N) is 4. The van der Waals surface area contributed by atoms with Crippen molar-refractivity contribution in [2.24, 2.45) is 0 Å². The number of aryl methyl sites for hydroxylation is 1. The highest BCUT2D eigenvalue weighted by Gasteiger charge is 2.40. The van der Waals surface area contributed by atoms with Gasteiger partial charge in [0.05, 0.1) is 5.69 Å². The zero-order valence-electron chi connectivity index (χ0n) is 12.9. The normalized spacial score (nSPS) is 26.7. The van der Waals surface area contributed by atoms with Crippen LogP contribution in [0.4, 0.5) is 0 Å². The number of rotatable bonds is 4. The molecule has 0 aliphatic carbocycles. The smallest absolute Gasteiger partial charge is 0.267 e. The van der Waals surface area contributed by atoms with E-state index in [1.54, 1.807) is 0 Å². The number of likely N-dealkylation sites (tertiary alicyclic amines) is 2. The summed E-state index contributed by atoms with van der Waals surface area (Å²) < 4.78 is 3.97. The largest absolute Gasteiger partial charge is 0.333 e. The quantitative estimate of drug-likeness (QED) is 0.855. The van der Waals surface area contributed by atoms with Crippen LogP contribution in [0.5, 0.6) is 0 Å². The Morgan fingerprint density at radius 1 is 1.24 bits per heavy atom. The van der Waals surface area contributed by atoms with Gasteiger partial charge in [0.2, 0.25) is 0 Å². The Bertz CT molecular complexity index is 504. The molecule has 0 N–H and O–H groups in total. The van der Waals surface area contributed by atoms with Crippen molar-refractivity contribution in [3.8, 4) is 0 Å².